The predicted molar refractivity (Wildman–Crippen MR) is 66.4 cm³/mol. The third kappa shape index (κ3) is 2.76. The van der Waals surface area contributed by atoms with Crippen LogP contribution in [0.4, 0.5) is 0 Å². The quantitative estimate of drug-likeness (QED) is 0.794. The Morgan fingerprint density at radius 1 is 1.19 bits per heavy atom. The highest BCUT2D eigenvalue weighted by Gasteiger charge is 2.30. The summed E-state index contributed by atoms with van der Waals surface area (Å²) in [5.74, 6) is 0.737. The summed E-state index contributed by atoms with van der Waals surface area (Å²) in [6, 6.07) is 1.85. The van der Waals surface area contributed by atoms with Crippen LogP contribution in [0.2, 0.25) is 0 Å². The minimum absolute atomic E-state index is 0.453. The smallest absolute Gasteiger partial charge is 0.0509 e. The lowest BCUT2D eigenvalue weighted by Gasteiger charge is -2.39. The van der Waals surface area contributed by atoms with Crippen molar-refractivity contribution < 1.29 is 4.74 Å². The van der Waals surface area contributed by atoms with Gasteiger partial charge >= 0.3 is 0 Å². The molecule has 1 aliphatic heterocycles. The fraction of sp³-hybridized carbons (Fsp3) is 1.00. The van der Waals surface area contributed by atoms with E-state index in [0.29, 0.717) is 12.1 Å². The lowest BCUT2D eigenvalue weighted by Crippen LogP contribution is -2.45. The van der Waals surface area contributed by atoms with Gasteiger partial charge in [-0.3, -0.25) is 0 Å². The average Bonchev–Trinajstić information content (AvgIpc) is 2.81. The molecule has 1 aliphatic carbocycles. The van der Waals surface area contributed by atoms with Crippen LogP contribution >= 0.6 is 0 Å². The Hall–Kier alpha value is -0.120. The molecule has 2 N–H and O–H groups in total. The SMILES string of the molecule is CC(C1CCOC1)N(C)C1CCC(N)CC1. The predicted octanol–water partition coefficient (Wildman–Crippen LogP) is 1.61. The maximum absolute atomic E-state index is 5.96. The van der Waals surface area contributed by atoms with Crippen LogP contribution < -0.4 is 5.73 Å². The van der Waals surface area contributed by atoms with Gasteiger partial charge in [0.25, 0.3) is 0 Å². The number of hydrogen-bond donors (Lipinski definition) is 1. The van der Waals surface area contributed by atoms with Crippen molar-refractivity contribution in [1.29, 1.82) is 0 Å². The summed E-state index contributed by atoms with van der Waals surface area (Å²) < 4.78 is 5.49. The maximum Gasteiger partial charge on any atom is 0.0509 e. The summed E-state index contributed by atoms with van der Waals surface area (Å²) in [6.45, 7) is 4.27. The molecule has 0 aromatic heterocycles. The second-order valence-electron chi connectivity index (χ2n) is 5.60. The first-order chi connectivity index (χ1) is 7.68. The Labute approximate surface area is 99.3 Å². The van der Waals surface area contributed by atoms with Crippen molar-refractivity contribution in [2.24, 2.45) is 11.7 Å². The Bertz CT molecular complexity index is 208. The van der Waals surface area contributed by atoms with Crippen LogP contribution in [0.25, 0.3) is 0 Å². The molecule has 2 atom stereocenters. The van der Waals surface area contributed by atoms with Gasteiger partial charge in [0.2, 0.25) is 0 Å². The van der Waals surface area contributed by atoms with Crippen LogP contribution in [-0.2, 0) is 4.74 Å². The average molecular weight is 226 g/mol. The maximum atomic E-state index is 5.96. The molecule has 0 spiro atoms. The van der Waals surface area contributed by atoms with Gasteiger partial charge in [0, 0.05) is 24.7 Å². The van der Waals surface area contributed by atoms with Gasteiger partial charge in [0.15, 0.2) is 0 Å². The van der Waals surface area contributed by atoms with Crippen LogP contribution in [0.3, 0.4) is 0 Å². The zero-order valence-electron chi connectivity index (χ0n) is 10.7. The molecule has 16 heavy (non-hydrogen) atoms. The molecule has 0 bridgehead atoms. The van der Waals surface area contributed by atoms with Crippen molar-refractivity contribution in [3.8, 4) is 0 Å². The van der Waals surface area contributed by atoms with E-state index in [2.05, 4.69) is 18.9 Å². The highest BCUT2D eigenvalue weighted by molar-refractivity contribution is 4.85. The number of nitrogens with zero attached hydrogens (tertiary/aromatic N) is 1. The molecule has 2 rings (SSSR count). The Balaban J connectivity index is 1.83. The van der Waals surface area contributed by atoms with Crippen LogP contribution in [0.1, 0.15) is 39.0 Å². The first kappa shape index (κ1) is 12.3. The largest absolute Gasteiger partial charge is 0.381 e. The van der Waals surface area contributed by atoms with Gasteiger partial charge in [-0.25, -0.2) is 0 Å². The van der Waals surface area contributed by atoms with E-state index in [-0.39, 0.29) is 0 Å². The molecule has 0 aromatic carbocycles. The van der Waals surface area contributed by atoms with Gasteiger partial charge in [-0.1, -0.05) is 0 Å². The summed E-state index contributed by atoms with van der Waals surface area (Å²) in [7, 11) is 2.28. The lowest BCUT2D eigenvalue weighted by molar-refractivity contribution is 0.0936. The van der Waals surface area contributed by atoms with Gasteiger partial charge in [0.1, 0.15) is 0 Å². The van der Waals surface area contributed by atoms with E-state index < -0.39 is 0 Å². The van der Waals surface area contributed by atoms with Crippen molar-refractivity contribution in [3.63, 3.8) is 0 Å². The Morgan fingerprint density at radius 2 is 1.88 bits per heavy atom. The van der Waals surface area contributed by atoms with Gasteiger partial charge in [-0.05, 0) is 52.0 Å². The minimum atomic E-state index is 0.453. The van der Waals surface area contributed by atoms with Gasteiger partial charge in [0.05, 0.1) is 6.61 Å². The highest BCUT2D eigenvalue weighted by atomic mass is 16.5. The normalized spacial score (nSPS) is 37.9. The number of nitrogens with two attached hydrogens (primary N) is 1. The minimum Gasteiger partial charge on any atom is -0.381 e. The second-order valence-corrected chi connectivity index (χ2v) is 5.60. The van der Waals surface area contributed by atoms with E-state index >= 15 is 0 Å². The third-order valence-corrected chi connectivity index (χ3v) is 4.61. The third-order valence-electron chi connectivity index (χ3n) is 4.61. The van der Waals surface area contributed by atoms with E-state index in [9.17, 15) is 0 Å². The first-order valence-electron chi connectivity index (χ1n) is 6.73. The van der Waals surface area contributed by atoms with Crippen LogP contribution in [0.15, 0.2) is 0 Å². The number of hydrogen-bond acceptors (Lipinski definition) is 3. The fourth-order valence-electron chi connectivity index (χ4n) is 3.11. The van der Waals surface area contributed by atoms with Crippen LogP contribution in [0, 0.1) is 5.92 Å². The molecular formula is C13H26N2O. The summed E-state index contributed by atoms with van der Waals surface area (Å²) >= 11 is 0. The molecule has 1 saturated heterocycles. The Kier molecular flexibility index (Phi) is 4.22. The molecule has 1 saturated carbocycles. The molecule has 0 radical (unpaired) electrons. The molecule has 2 unspecified atom stereocenters. The van der Waals surface area contributed by atoms with E-state index in [0.717, 1.165) is 25.2 Å². The molecule has 0 aromatic rings. The van der Waals surface area contributed by atoms with Crippen molar-refractivity contribution >= 4 is 0 Å². The fourth-order valence-corrected chi connectivity index (χ4v) is 3.11. The van der Waals surface area contributed by atoms with Crippen LogP contribution in [-0.4, -0.2) is 43.3 Å². The first-order valence-corrected chi connectivity index (χ1v) is 6.73. The number of ether oxygens (including phenoxy) is 1. The van der Waals surface area contributed by atoms with Gasteiger partial charge in [-0.15, -0.1) is 0 Å². The molecule has 3 heteroatoms. The van der Waals surface area contributed by atoms with E-state index in [4.69, 9.17) is 10.5 Å². The Morgan fingerprint density at radius 3 is 2.44 bits per heavy atom. The lowest BCUT2D eigenvalue weighted by atomic mass is 9.88. The van der Waals surface area contributed by atoms with Crippen molar-refractivity contribution in [3.05, 3.63) is 0 Å². The monoisotopic (exact) mass is 226 g/mol. The van der Waals surface area contributed by atoms with E-state index in [1.165, 1.54) is 32.1 Å². The molecule has 2 fully saturated rings. The molecule has 0 amide bonds. The summed E-state index contributed by atoms with van der Waals surface area (Å²) in [5, 5.41) is 0. The van der Waals surface area contributed by atoms with E-state index in [1.54, 1.807) is 0 Å². The summed E-state index contributed by atoms with van der Waals surface area (Å²) in [6.07, 6.45) is 6.18. The van der Waals surface area contributed by atoms with Crippen molar-refractivity contribution in [1.82, 2.24) is 4.90 Å². The standard InChI is InChI=1S/C13H26N2O/c1-10(11-7-8-16-9-11)15(2)13-5-3-12(14)4-6-13/h10-13H,3-9,14H2,1-2H3. The topological polar surface area (TPSA) is 38.5 Å². The van der Waals surface area contributed by atoms with Crippen LogP contribution in [0.5, 0.6) is 0 Å². The molecule has 2 aliphatic rings. The van der Waals surface area contributed by atoms with Gasteiger partial charge < -0.3 is 15.4 Å². The second kappa shape index (κ2) is 5.48. The zero-order valence-corrected chi connectivity index (χ0v) is 10.7. The van der Waals surface area contributed by atoms with Crippen molar-refractivity contribution in [2.75, 3.05) is 20.3 Å². The van der Waals surface area contributed by atoms with Crippen molar-refractivity contribution in [2.45, 2.75) is 57.2 Å². The summed E-state index contributed by atoms with van der Waals surface area (Å²) in [5.41, 5.74) is 5.96. The molecule has 1 heterocycles. The highest BCUT2D eigenvalue weighted by Crippen LogP contribution is 2.27. The summed E-state index contributed by atoms with van der Waals surface area (Å²) in [4.78, 5) is 2.57. The van der Waals surface area contributed by atoms with E-state index in [1.807, 2.05) is 0 Å². The van der Waals surface area contributed by atoms with Gasteiger partial charge in [-0.2, -0.15) is 0 Å². The number of rotatable bonds is 3. The molecule has 3 nitrogen and oxygen atoms in total. The molecular weight excluding hydrogens is 200 g/mol. The molecule has 94 valence electrons. The zero-order chi connectivity index (χ0) is 11.5.